The first-order valence-electron chi connectivity index (χ1n) is 10.6. The summed E-state index contributed by atoms with van der Waals surface area (Å²) in [7, 11) is -1.40. The van der Waals surface area contributed by atoms with E-state index in [4.69, 9.17) is 16.3 Å². The standard InChI is InChI=1S/C23H27ClN2O4S2/c1-30-19-6-8-20(9-7-19)31-21-12-22(23(27)25-18-10-11-32(28,29)15-18)26(14-21)13-16-2-4-17(24)5-3-16/h2-9,18,21-22H,10-15H2,1H3,(H,25,27)/t18-,21+,22-/m0/s1. The van der Waals surface area contributed by atoms with Gasteiger partial charge in [0.05, 0.1) is 24.7 Å². The zero-order chi connectivity index (χ0) is 22.7. The number of amides is 1. The van der Waals surface area contributed by atoms with Gasteiger partial charge < -0.3 is 10.1 Å². The lowest BCUT2D eigenvalue weighted by molar-refractivity contribution is -0.126. The first-order chi connectivity index (χ1) is 15.3. The van der Waals surface area contributed by atoms with Crippen molar-refractivity contribution in [3.63, 3.8) is 0 Å². The maximum atomic E-state index is 13.2. The van der Waals surface area contributed by atoms with Crippen molar-refractivity contribution >= 4 is 39.1 Å². The maximum Gasteiger partial charge on any atom is 0.237 e. The number of thioether (sulfide) groups is 1. The second kappa shape index (κ2) is 10.0. The van der Waals surface area contributed by atoms with Crippen LogP contribution in [0.1, 0.15) is 18.4 Å². The van der Waals surface area contributed by atoms with Gasteiger partial charge >= 0.3 is 0 Å². The van der Waals surface area contributed by atoms with E-state index in [1.807, 2.05) is 48.5 Å². The van der Waals surface area contributed by atoms with Gasteiger partial charge in [-0.3, -0.25) is 9.69 Å². The van der Waals surface area contributed by atoms with Crippen molar-refractivity contribution in [2.45, 2.75) is 41.6 Å². The second-order valence-electron chi connectivity index (χ2n) is 8.33. The van der Waals surface area contributed by atoms with E-state index >= 15 is 0 Å². The van der Waals surface area contributed by atoms with Crippen molar-refractivity contribution in [1.29, 1.82) is 0 Å². The molecule has 0 aromatic heterocycles. The Bertz CT molecular complexity index is 1040. The number of rotatable bonds is 7. The van der Waals surface area contributed by atoms with E-state index < -0.39 is 9.84 Å². The van der Waals surface area contributed by atoms with Crippen LogP contribution in [0.25, 0.3) is 0 Å². The second-order valence-corrected chi connectivity index (χ2v) is 12.4. The third kappa shape index (κ3) is 5.98. The van der Waals surface area contributed by atoms with Gasteiger partial charge in [-0.1, -0.05) is 23.7 Å². The number of ether oxygens (including phenoxy) is 1. The maximum absolute atomic E-state index is 13.2. The highest BCUT2D eigenvalue weighted by molar-refractivity contribution is 8.00. The zero-order valence-electron chi connectivity index (χ0n) is 17.9. The number of sulfone groups is 1. The first-order valence-corrected chi connectivity index (χ1v) is 13.7. The summed E-state index contributed by atoms with van der Waals surface area (Å²) in [5.74, 6) is 0.910. The van der Waals surface area contributed by atoms with Crippen molar-refractivity contribution in [3.8, 4) is 5.75 Å². The fourth-order valence-corrected chi connectivity index (χ4v) is 7.29. The molecule has 0 aliphatic carbocycles. The van der Waals surface area contributed by atoms with Crippen molar-refractivity contribution in [2.24, 2.45) is 0 Å². The molecule has 2 aliphatic rings. The topological polar surface area (TPSA) is 75.7 Å². The Labute approximate surface area is 198 Å². The van der Waals surface area contributed by atoms with Gasteiger partial charge in [0.25, 0.3) is 0 Å². The van der Waals surface area contributed by atoms with E-state index in [0.717, 1.165) is 22.8 Å². The van der Waals surface area contributed by atoms with Crippen LogP contribution in [0, 0.1) is 0 Å². The van der Waals surface area contributed by atoms with Crippen LogP contribution < -0.4 is 10.1 Å². The molecule has 0 unspecified atom stereocenters. The lowest BCUT2D eigenvalue weighted by Gasteiger charge is -2.25. The number of carbonyl (C=O) groups is 1. The molecule has 2 aliphatic heterocycles. The van der Waals surface area contributed by atoms with E-state index in [0.29, 0.717) is 24.4 Å². The van der Waals surface area contributed by atoms with Gasteiger partial charge in [0.1, 0.15) is 5.75 Å². The number of hydrogen-bond acceptors (Lipinski definition) is 6. The number of hydrogen-bond donors (Lipinski definition) is 1. The number of halogens is 1. The molecule has 4 rings (SSSR count). The molecule has 0 radical (unpaired) electrons. The number of nitrogens with zero attached hydrogens (tertiary/aromatic N) is 1. The summed E-state index contributed by atoms with van der Waals surface area (Å²) < 4.78 is 28.8. The molecule has 32 heavy (non-hydrogen) atoms. The van der Waals surface area contributed by atoms with Crippen LogP contribution in [-0.2, 0) is 21.2 Å². The largest absolute Gasteiger partial charge is 0.497 e. The Morgan fingerprint density at radius 3 is 2.53 bits per heavy atom. The molecule has 1 amide bonds. The fourth-order valence-electron chi connectivity index (χ4n) is 4.27. The molecule has 2 aromatic rings. The Balaban J connectivity index is 1.46. The van der Waals surface area contributed by atoms with Crippen molar-refractivity contribution in [3.05, 3.63) is 59.1 Å². The summed E-state index contributed by atoms with van der Waals surface area (Å²) in [6.45, 7) is 1.40. The van der Waals surface area contributed by atoms with Crippen LogP contribution in [0.5, 0.6) is 5.75 Å². The summed E-state index contributed by atoms with van der Waals surface area (Å²) in [4.78, 5) is 16.5. The average molecular weight is 495 g/mol. The lowest BCUT2D eigenvalue weighted by atomic mass is 10.1. The summed E-state index contributed by atoms with van der Waals surface area (Å²) in [5, 5.41) is 3.92. The highest BCUT2D eigenvalue weighted by Gasteiger charge is 2.39. The van der Waals surface area contributed by atoms with Gasteiger partial charge in [0.2, 0.25) is 5.91 Å². The number of carbonyl (C=O) groups excluding carboxylic acids is 1. The Morgan fingerprint density at radius 1 is 1.19 bits per heavy atom. The Morgan fingerprint density at radius 2 is 1.91 bits per heavy atom. The molecule has 2 fully saturated rings. The number of methoxy groups -OCH3 is 1. The van der Waals surface area contributed by atoms with Crippen LogP contribution >= 0.6 is 23.4 Å². The molecule has 0 bridgehead atoms. The molecule has 172 valence electrons. The minimum atomic E-state index is -3.04. The molecule has 9 heteroatoms. The molecule has 2 saturated heterocycles. The highest BCUT2D eigenvalue weighted by atomic mass is 35.5. The van der Waals surface area contributed by atoms with Crippen LogP contribution in [0.3, 0.4) is 0 Å². The average Bonchev–Trinajstić information content (AvgIpc) is 3.32. The predicted octanol–water partition coefficient (Wildman–Crippen LogP) is 3.39. The van der Waals surface area contributed by atoms with Crippen LogP contribution in [0.15, 0.2) is 53.4 Å². The van der Waals surface area contributed by atoms with Gasteiger partial charge in [-0.25, -0.2) is 8.42 Å². The summed E-state index contributed by atoms with van der Waals surface area (Å²) in [6.07, 6.45) is 1.19. The van der Waals surface area contributed by atoms with Gasteiger partial charge in [-0.05, 0) is 54.8 Å². The highest BCUT2D eigenvalue weighted by Crippen LogP contribution is 2.34. The number of nitrogens with one attached hydrogen (secondary N) is 1. The van der Waals surface area contributed by atoms with Crippen LogP contribution in [-0.4, -0.2) is 61.7 Å². The predicted molar refractivity (Wildman–Crippen MR) is 128 cm³/mol. The molecule has 2 heterocycles. The normalized spacial score (nSPS) is 25.0. The van der Waals surface area contributed by atoms with Crippen LogP contribution in [0.2, 0.25) is 5.02 Å². The number of benzene rings is 2. The molecule has 6 nitrogen and oxygen atoms in total. The Hall–Kier alpha value is -1.74. The molecular weight excluding hydrogens is 468 g/mol. The van der Waals surface area contributed by atoms with Crippen molar-refractivity contribution in [2.75, 3.05) is 25.2 Å². The van der Waals surface area contributed by atoms with Gasteiger partial charge in [-0.15, -0.1) is 11.8 Å². The Kier molecular flexibility index (Phi) is 7.34. The summed E-state index contributed by atoms with van der Waals surface area (Å²) >= 11 is 7.78. The first kappa shape index (κ1) is 23.4. The van der Waals surface area contributed by atoms with E-state index in [9.17, 15) is 13.2 Å². The summed E-state index contributed by atoms with van der Waals surface area (Å²) in [5.41, 5.74) is 1.09. The van der Waals surface area contributed by atoms with Crippen LogP contribution in [0.4, 0.5) is 0 Å². The van der Waals surface area contributed by atoms with Crippen molar-refractivity contribution < 1.29 is 17.9 Å². The monoisotopic (exact) mass is 494 g/mol. The lowest BCUT2D eigenvalue weighted by Crippen LogP contribution is -2.47. The van der Waals surface area contributed by atoms with E-state index in [1.54, 1.807) is 18.9 Å². The molecule has 3 atom stereocenters. The minimum absolute atomic E-state index is 0.0344. The zero-order valence-corrected chi connectivity index (χ0v) is 20.3. The van der Waals surface area contributed by atoms with Gasteiger partial charge in [-0.2, -0.15) is 0 Å². The third-order valence-corrected chi connectivity index (χ3v) is 9.15. The molecule has 2 aromatic carbocycles. The smallest absolute Gasteiger partial charge is 0.237 e. The minimum Gasteiger partial charge on any atom is -0.497 e. The molecule has 0 saturated carbocycles. The quantitative estimate of drug-likeness (QED) is 0.636. The van der Waals surface area contributed by atoms with Crippen molar-refractivity contribution in [1.82, 2.24) is 10.2 Å². The van der Waals surface area contributed by atoms with E-state index in [-0.39, 0.29) is 34.7 Å². The van der Waals surface area contributed by atoms with E-state index in [2.05, 4.69) is 10.2 Å². The SMILES string of the molecule is COc1ccc(S[C@@H]2C[C@@H](C(=O)N[C@H]3CCS(=O)(=O)C3)N(Cc3ccc(Cl)cc3)C2)cc1. The fraction of sp³-hybridized carbons (Fsp3) is 0.435. The van der Waals surface area contributed by atoms with E-state index in [1.165, 1.54) is 0 Å². The summed E-state index contributed by atoms with van der Waals surface area (Å²) in [6, 6.07) is 15.0. The molecule has 1 N–H and O–H groups in total. The van der Waals surface area contributed by atoms with Gasteiger partial charge in [0.15, 0.2) is 9.84 Å². The molecule has 0 spiro atoms. The number of likely N-dealkylation sites (tertiary alicyclic amines) is 1. The third-order valence-electron chi connectivity index (χ3n) is 5.91. The molecular formula is C23H27ClN2O4S2. The van der Waals surface area contributed by atoms with Gasteiger partial charge in [0, 0.05) is 34.3 Å².